The van der Waals surface area contributed by atoms with Gasteiger partial charge in [-0.15, -0.1) is 0 Å². The first-order chi connectivity index (χ1) is 8.60. The van der Waals surface area contributed by atoms with Gasteiger partial charge in [0, 0.05) is 10.7 Å². The first-order valence-electron chi connectivity index (χ1n) is 5.45. The number of aryl methyl sites for hydroxylation is 1. The van der Waals surface area contributed by atoms with Crippen molar-refractivity contribution in [2.45, 2.75) is 13.0 Å². The predicted octanol–water partition coefficient (Wildman–Crippen LogP) is 2.84. The highest BCUT2D eigenvalue weighted by Gasteiger charge is 2.14. The number of hydrogen-bond donors (Lipinski definition) is 2. The highest BCUT2D eigenvalue weighted by Crippen LogP contribution is 2.22. The van der Waals surface area contributed by atoms with E-state index < -0.39 is 0 Å². The number of halogens is 2. The average Bonchev–Trinajstić information content (AvgIpc) is 2.31. The van der Waals surface area contributed by atoms with Gasteiger partial charge < -0.3 is 0 Å². The van der Waals surface area contributed by atoms with Crippen LogP contribution in [0.2, 0.25) is 0 Å². The second kappa shape index (κ2) is 5.56. The van der Waals surface area contributed by atoms with Crippen molar-refractivity contribution in [3.05, 3.63) is 63.6 Å². The van der Waals surface area contributed by atoms with Gasteiger partial charge in [0.05, 0.1) is 11.7 Å². The van der Waals surface area contributed by atoms with Crippen molar-refractivity contribution < 1.29 is 4.39 Å². The maximum atomic E-state index is 13.4. The fourth-order valence-corrected chi connectivity index (χ4v) is 2.08. The molecule has 0 saturated heterocycles. The monoisotopic (exact) mass is 309 g/mol. The van der Waals surface area contributed by atoms with E-state index >= 15 is 0 Å². The van der Waals surface area contributed by atoms with Crippen LogP contribution >= 0.6 is 15.9 Å². The van der Waals surface area contributed by atoms with E-state index in [1.165, 1.54) is 12.1 Å². The molecule has 94 valence electrons. The van der Waals surface area contributed by atoms with Gasteiger partial charge in [0.1, 0.15) is 5.82 Å². The Bertz CT molecular complexity index is 522. The Balaban J connectivity index is 2.41. The first kappa shape index (κ1) is 13.1. The second-order valence-corrected chi connectivity index (χ2v) is 4.98. The van der Waals surface area contributed by atoms with E-state index in [4.69, 9.17) is 5.84 Å². The van der Waals surface area contributed by atoms with Crippen LogP contribution in [0, 0.1) is 12.7 Å². The topological polar surface area (TPSA) is 50.9 Å². The van der Waals surface area contributed by atoms with Crippen molar-refractivity contribution in [2.24, 2.45) is 5.84 Å². The van der Waals surface area contributed by atoms with E-state index in [2.05, 4.69) is 26.3 Å². The molecule has 5 heteroatoms. The zero-order valence-corrected chi connectivity index (χ0v) is 11.4. The van der Waals surface area contributed by atoms with Crippen LogP contribution in [0.3, 0.4) is 0 Å². The third-order valence-electron chi connectivity index (χ3n) is 2.61. The molecular formula is C13H13BrFN3. The molecule has 1 aromatic heterocycles. The van der Waals surface area contributed by atoms with Crippen molar-refractivity contribution >= 4 is 15.9 Å². The maximum absolute atomic E-state index is 13.4. The van der Waals surface area contributed by atoms with E-state index in [9.17, 15) is 4.39 Å². The third kappa shape index (κ3) is 2.93. The van der Waals surface area contributed by atoms with Crippen molar-refractivity contribution in [1.29, 1.82) is 0 Å². The first-order valence-corrected chi connectivity index (χ1v) is 6.24. The molecule has 0 amide bonds. The minimum absolute atomic E-state index is 0.276. The smallest absolute Gasteiger partial charge is 0.123 e. The van der Waals surface area contributed by atoms with Gasteiger partial charge in [-0.3, -0.25) is 10.8 Å². The van der Waals surface area contributed by atoms with Gasteiger partial charge in [-0.1, -0.05) is 6.07 Å². The Morgan fingerprint density at radius 1 is 1.33 bits per heavy atom. The second-order valence-electron chi connectivity index (χ2n) is 4.06. The van der Waals surface area contributed by atoms with Crippen molar-refractivity contribution in [3.63, 3.8) is 0 Å². The Hall–Kier alpha value is -1.30. The van der Waals surface area contributed by atoms with Crippen LogP contribution in [0.5, 0.6) is 0 Å². The lowest BCUT2D eigenvalue weighted by Gasteiger charge is -2.16. The number of rotatable bonds is 3. The van der Waals surface area contributed by atoms with Gasteiger partial charge in [0.25, 0.3) is 0 Å². The van der Waals surface area contributed by atoms with Crippen LogP contribution in [0.15, 0.2) is 41.0 Å². The molecule has 0 aliphatic heterocycles. The van der Waals surface area contributed by atoms with E-state index in [1.807, 2.05) is 25.1 Å². The van der Waals surface area contributed by atoms with E-state index in [1.54, 1.807) is 6.20 Å². The van der Waals surface area contributed by atoms with Gasteiger partial charge >= 0.3 is 0 Å². The lowest BCUT2D eigenvalue weighted by atomic mass is 10.0. The SMILES string of the molecule is Cc1cc(F)cc(C(NN)c2ccc(Br)cn2)c1. The van der Waals surface area contributed by atoms with Gasteiger partial charge in [0.2, 0.25) is 0 Å². The van der Waals surface area contributed by atoms with Crippen LogP contribution in [0.4, 0.5) is 4.39 Å². The Morgan fingerprint density at radius 3 is 2.67 bits per heavy atom. The summed E-state index contributed by atoms with van der Waals surface area (Å²) in [5.74, 6) is 5.28. The molecule has 2 aromatic rings. The normalized spacial score (nSPS) is 12.4. The number of nitrogens with two attached hydrogens (primary N) is 1. The Kier molecular flexibility index (Phi) is 4.06. The Labute approximate surface area is 113 Å². The third-order valence-corrected chi connectivity index (χ3v) is 3.08. The molecule has 0 saturated carbocycles. The molecular weight excluding hydrogens is 297 g/mol. The quantitative estimate of drug-likeness (QED) is 0.677. The number of hydrazine groups is 1. The molecule has 1 unspecified atom stereocenters. The molecule has 0 fully saturated rings. The summed E-state index contributed by atoms with van der Waals surface area (Å²) in [5.41, 5.74) is 5.01. The molecule has 0 aliphatic rings. The van der Waals surface area contributed by atoms with E-state index in [-0.39, 0.29) is 11.9 Å². The summed E-state index contributed by atoms with van der Waals surface area (Å²) >= 11 is 3.32. The molecule has 0 radical (unpaired) electrons. The van der Waals surface area contributed by atoms with E-state index in [0.717, 1.165) is 21.3 Å². The van der Waals surface area contributed by atoms with Crippen LogP contribution in [0.1, 0.15) is 22.9 Å². The van der Waals surface area contributed by atoms with Crippen LogP contribution in [-0.2, 0) is 0 Å². The number of pyridine rings is 1. The lowest BCUT2D eigenvalue weighted by molar-refractivity contribution is 0.596. The summed E-state index contributed by atoms with van der Waals surface area (Å²) < 4.78 is 14.3. The number of benzene rings is 1. The highest BCUT2D eigenvalue weighted by molar-refractivity contribution is 9.10. The molecule has 1 atom stereocenters. The number of nitrogens with zero attached hydrogens (tertiary/aromatic N) is 1. The molecule has 0 spiro atoms. The fraction of sp³-hybridized carbons (Fsp3) is 0.154. The molecule has 3 nitrogen and oxygen atoms in total. The molecule has 1 heterocycles. The standard InChI is InChI=1S/C13H13BrFN3/c1-8-4-9(6-11(15)5-8)13(18-16)12-3-2-10(14)7-17-12/h2-7,13,18H,16H2,1H3. The predicted molar refractivity (Wildman–Crippen MR) is 72.2 cm³/mol. The van der Waals surface area contributed by atoms with Crippen molar-refractivity contribution in [3.8, 4) is 0 Å². The van der Waals surface area contributed by atoms with Crippen LogP contribution < -0.4 is 11.3 Å². The summed E-state index contributed by atoms with van der Waals surface area (Å²) in [6.07, 6.45) is 1.69. The van der Waals surface area contributed by atoms with Crippen LogP contribution in [0.25, 0.3) is 0 Å². The van der Waals surface area contributed by atoms with Gasteiger partial charge in [0.15, 0.2) is 0 Å². The highest BCUT2D eigenvalue weighted by atomic mass is 79.9. The zero-order chi connectivity index (χ0) is 13.1. The molecule has 3 N–H and O–H groups in total. The number of nitrogens with one attached hydrogen (secondary N) is 1. The largest absolute Gasteiger partial charge is 0.271 e. The summed E-state index contributed by atoms with van der Waals surface area (Å²) in [4.78, 5) is 4.27. The Morgan fingerprint density at radius 2 is 2.11 bits per heavy atom. The minimum atomic E-state index is -0.326. The molecule has 18 heavy (non-hydrogen) atoms. The molecule has 2 rings (SSSR count). The number of hydrogen-bond acceptors (Lipinski definition) is 3. The summed E-state index contributed by atoms with van der Waals surface area (Å²) in [7, 11) is 0. The van der Waals surface area contributed by atoms with E-state index in [0.29, 0.717) is 0 Å². The maximum Gasteiger partial charge on any atom is 0.123 e. The lowest BCUT2D eigenvalue weighted by Crippen LogP contribution is -2.29. The van der Waals surface area contributed by atoms with Gasteiger partial charge in [-0.2, -0.15) is 0 Å². The van der Waals surface area contributed by atoms with Crippen LogP contribution in [-0.4, -0.2) is 4.98 Å². The summed E-state index contributed by atoms with van der Waals surface area (Å²) in [5, 5.41) is 0. The van der Waals surface area contributed by atoms with Gasteiger partial charge in [-0.25, -0.2) is 9.82 Å². The van der Waals surface area contributed by atoms with Crippen molar-refractivity contribution in [1.82, 2.24) is 10.4 Å². The number of aromatic nitrogens is 1. The van der Waals surface area contributed by atoms with Gasteiger partial charge in [-0.05, 0) is 58.2 Å². The average molecular weight is 310 g/mol. The fourth-order valence-electron chi connectivity index (χ4n) is 1.84. The molecule has 0 aliphatic carbocycles. The minimum Gasteiger partial charge on any atom is -0.271 e. The zero-order valence-electron chi connectivity index (χ0n) is 9.82. The summed E-state index contributed by atoms with van der Waals surface area (Å²) in [6.45, 7) is 1.84. The molecule has 1 aromatic carbocycles. The van der Waals surface area contributed by atoms with Crippen molar-refractivity contribution in [2.75, 3.05) is 0 Å². The summed E-state index contributed by atoms with van der Waals surface area (Å²) in [6, 6.07) is 8.21. The molecule has 0 bridgehead atoms.